The summed E-state index contributed by atoms with van der Waals surface area (Å²) in [7, 11) is 0. The second-order valence-corrected chi connectivity index (χ2v) is 9.79. The average Bonchev–Trinajstić information content (AvgIpc) is 3.67. The van der Waals surface area contributed by atoms with Gasteiger partial charge in [-0.2, -0.15) is 0 Å². The monoisotopic (exact) mass is 503 g/mol. The third kappa shape index (κ3) is 3.32. The number of nitrogens with zero attached hydrogens (tertiary/aromatic N) is 4. The normalized spacial score (nSPS) is 15.1. The molecule has 0 radical (unpaired) electrons. The summed E-state index contributed by atoms with van der Waals surface area (Å²) in [5, 5.41) is 21.7. The first-order chi connectivity index (χ1) is 18.5. The van der Waals surface area contributed by atoms with Gasteiger partial charge in [-0.3, -0.25) is 10.2 Å². The molecule has 6 aromatic rings. The zero-order valence-electron chi connectivity index (χ0n) is 20.7. The summed E-state index contributed by atoms with van der Waals surface area (Å²) in [5.41, 5.74) is 5.69. The summed E-state index contributed by atoms with van der Waals surface area (Å²) in [6.45, 7) is 3.05. The van der Waals surface area contributed by atoms with Crippen molar-refractivity contribution in [2.75, 3.05) is 11.4 Å². The molecule has 0 spiro atoms. The molecule has 1 atom stereocenters. The Morgan fingerprint density at radius 1 is 1.13 bits per heavy atom. The second kappa shape index (κ2) is 8.31. The van der Waals surface area contributed by atoms with Crippen molar-refractivity contribution in [3.63, 3.8) is 0 Å². The zero-order chi connectivity index (χ0) is 26.0. The lowest BCUT2D eigenvalue weighted by Gasteiger charge is -2.18. The van der Waals surface area contributed by atoms with Crippen LogP contribution in [-0.4, -0.2) is 42.1 Å². The second-order valence-electron chi connectivity index (χ2n) is 9.79. The van der Waals surface area contributed by atoms with E-state index in [1.165, 1.54) is 5.56 Å². The van der Waals surface area contributed by atoms with Crippen LogP contribution in [0.25, 0.3) is 32.8 Å². The first-order valence-electron chi connectivity index (χ1n) is 12.6. The number of hydrogen-bond donors (Lipinski definition) is 4. The van der Waals surface area contributed by atoms with E-state index in [2.05, 4.69) is 39.0 Å². The summed E-state index contributed by atoms with van der Waals surface area (Å²) in [4.78, 5) is 30.6. The van der Waals surface area contributed by atoms with Crippen molar-refractivity contribution in [2.45, 2.75) is 25.8 Å². The van der Waals surface area contributed by atoms with E-state index in [-0.39, 0.29) is 23.1 Å². The van der Waals surface area contributed by atoms with Gasteiger partial charge in [0.1, 0.15) is 17.0 Å². The van der Waals surface area contributed by atoms with Crippen molar-refractivity contribution < 1.29 is 9.90 Å². The third-order valence-electron chi connectivity index (χ3n) is 7.59. The van der Waals surface area contributed by atoms with Crippen LogP contribution in [0.5, 0.6) is 5.75 Å². The molecule has 3 aromatic carbocycles. The van der Waals surface area contributed by atoms with Gasteiger partial charge in [0.2, 0.25) is 0 Å². The Hall–Kier alpha value is -4.92. The van der Waals surface area contributed by atoms with Crippen LogP contribution >= 0.6 is 0 Å². The maximum Gasteiger partial charge on any atom is 0.274 e. The number of imidazole rings is 1. The number of aromatic hydroxyl groups is 1. The molecule has 0 bridgehead atoms. The Kier molecular flexibility index (Phi) is 4.87. The number of aromatic nitrogens is 5. The minimum Gasteiger partial charge on any atom is -0.507 e. The predicted octanol–water partition coefficient (Wildman–Crippen LogP) is 4.59. The van der Waals surface area contributed by atoms with Gasteiger partial charge in [-0.15, -0.1) is 0 Å². The number of carbonyl (C=O) groups is 1. The molecule has 0 fully saturated rings. The maximum atomic E-state index is 13.9. The molecule has 38 heavy (non-hydrogen) atoms. The molecule has 0 aliphatic carbocycles. The Bertz CT molecular complexity index is 1950. The molecule has 4 heterocycles. The lowest BCUT2D eigenvalue weighted by atomic mass is 9.94. The summed E-state index contributed by atoms with van der Waals surface area (Å²) in [5.74, 6) is -0.0874. The lowest BCUT2D eigenvalue weighted by molar-refractivity contribution is 0.0984. The standard InChI is InChI=1S/C29H25N7O2/c1-2-16-7-8-21-17(9-16)10-22(34-21)29(38)36-13-18(12-35-15-33-27(30)26-28(35)32-14-31-26)25-20-6-4-3-5-19(20)24(37)11-23(25)36/h3-11,14-15,18,30,34,37H,2,12-13H2,1H3,(H,31,32)/t18-/m1/s1. The van der Waals surface area contributed by atoms with Gasteiger partial charge < -0.3 is 24.5 Å². The van der Waals surface area contributed by atoms with Crippen molar-refractivity contribution in [1.29, 1.82) is 5.41 Å². The van der Waals surface area contributed by atoms with Crippen LogP contribution in [0.1, 0.15) is 34.5 Å². The quantitative estimate of drug-likeness (QED) is 0.281. The number of aryl methyl sites for hydroxylation is 1. The van der Waals surface area contributed by atoms with Gasteiger partial charge in [-0.1, -0.05) is 37.3 Å². The van der Waals surface area contributed by atoms with Crippen LogP contribution in [0.15, 0.2) is 67.3 Å². The molecule has 0 saturated heterocycles. The summed E-state index contributed by atoms with van der Waals surface area (Å²) in [6.07, 6.45) is 4.11. The maximum absolute atomic E-state index is 13.9. The van der Waals surface area contributed by atoms with Crippen LogP contribution in [-0.2, 0) is 13.0 Å². The van der Waals surface area contributed by atoms with E-state index in [0.717, 1.165) is 33.7 Å². The van der Waals surface area contributed by atoms with Crippen LogP contribution < -0.4 is 10.4 Å². The fourth-order valence-corrected chi connectivity index (χ4v) is 5.73. The van der Waals surface area contributed by atoms with E-state index in [0.29, 0.717) is 35.6 Å². The van der Waals surface area contributed by atoms with Crippen molar-refractivity contribution in [1.82, 2.24) is 24.5 Å². The van der Waals surface area contributed by atoms with E-state index < -0.39 is 0 Å². The highest BCUT2D eigenvalue weighted by Gasteiger charge is 2.36. The molecule has 1 amide bonds. The van der Waals surface area contributed by atoms with Gasteiger partial charge in [0.15, 0.2) is 11.1 Å². The van der Waals surface area contributed by atoms with Crippen molar-refractivity contribution in [2.24, 2.45) is 0 Å². The molecule has 9 heteroatoms. The molecule has 3 aromatic heterocycles. The topological polar surface area (TPSA) is 127 Å². The van der Waals surface area contributed by atoms with Crippen molar-refractivity contribution in [3.8, 4) is 5.75 Å². The number of anilines is 1. The number of aromatic amines is 2. The minimum absolute atomic E-state index is 0.0844. The summed E-state index contributed by atoms with van der Waals surface area (Å²) < 4.78 is 1.92. The minimum atomic E-state index is -0.146. The number of amides is 1. The first kappa shape index (κ1) is 22.3. The molecule has 1 aliphatic heterocycles. The number of carbonyl (C=O) groups excluding carboxylic acids is 1. The number of nitrogens with one attached hydrogen (secondary N) is 3. The van der Waals surface area contributed by atoms with Gasteiger partial charge >= 0.3 is 0 Å². The smallest absolute Gasteiger partial charge is 0.274 e. The Balaban J connectivity index is 1.35. The molecule has 4 N–H and O–H groups in total. The van der Waals surface area contributed by atoms with Crippen LogP contribution in [0.2, 0.25) is 0 Å². The molecule has 1 aliphatic rings. The molecule has 188 valence electrons. The van der Waals surface area contributed by atoms with Gasteiger partial charge in [0, 0.05) is 41.4 Å². The number of hydrogen-bond acceptors (Lipinski definition) is 5. The predicted molar refractivity (Wildman–Crippen MR) is 145 cm³/mol. The SMILES string of the molecule is CCc1ccc2[nH]c(C(=O)N3C[C@@H](Cn4cnc(=N)c5[nH]cnc54)c4c3cc(O)c3ccccc43)cc2c1. The summed E-state index contributed by atoms with van der Waals surface area (Å²) >= 11 is 0. The fourth-order valence-electron chi connectivity index (χ4n) is 5.73. The molecule has 7 rings (SSSR count). The molecular formula is C29H25N7O2. The van der Waals surface area contributed by atoms with E-state index in [1.54, 1.807) is 23.6 Å². The molecule has 9 nitrogen and oxygen atoms in total. The van der Waals surface area contributed by atoms with Gasteiger partial charge in [0.05, 0.1) is 18.3 Å². The molecular weight excluding hydrogens is 478 g/mol. The van der Waals surface area contributed by atoms with Gasteiger partial charge in [0.25, 0.3) is 5.91 Å². The largest absolute Gasteiger partial charge is 0.507 e. The highest BCUT2D eigenvalue weighted by Crippen LogP contribution is 2.46. The average molecular weight is 504 g/mol. The first-order valence-corrected chi connectivity index (χ1v) is 12.6. The molecule has 0 unspecified atom stereocenters. The number of rotatable bonds is 4. The lowest BCUT2D eigenvalue weighted by Crippen LogP contribution is -2.31. The van der Waals surface area contributed by atoms with Crippen molar-refractivity contribution >= 4 is 44.4 Å². The van der Waals surface area contributed by atoms with E-state index >= 15 is 0 Å². The highest BCUT2D eigenvalue weighted by atomic mass is 16.3. The van der Waals surface area contributed by atoms with E-state index in [9.17, 15) is 9.90 Å². The number of H-pyrrole nitrogens is 2. The fraction of sp³-hybridized carbons (Fsp3) is 0.172. The van der Waals surface area contributed by atoms with E-state index in [1.807, 2.05) is 41.0 Å². The van der Waals surface area contributed by atoms with Crippen LogP contribution in [0, 0.1) is 5.41 Å². The number of phenols is 1. The van der Waals surface area contributed by atoms with Crippen LogP contribution in [0.4, 0.5) is 5.69 Å². The third-order valence-corrected chi connectivity index (χ3v) is 7.59. The van der Waals surface area contributed by atoms with Crippen LogP contribution in [0.3, 0.4) is 0 Å². The summed E-state index contributed by atoms with van der Waals surface area (Å²) in [6, 6.07) is 17.5. The highest BCUT2D eigenvalue weighted by molar-refractivity contribution is 6.11. The Labute approximate surface area is 216 Å². The zero-order valence-corrected chi connectivity index (χ0v) is 20.7. The molecule has 0 saturated carbocycles. The van der Waals surface area contributed by atoms with Gasteiger partial charge in [-0.05, 0) is 41.1 Å². The van der Waals surface area contributed by atoms with Crippen molar-refractivity contribution in [3.05, 3.63) is 89.6 Å². The Morgan fingerprint density at radius 3 is 2.82 bits per heavy atom. The van der Waals surface area contributed by atoms with E-state index in [4.69, 9.17) is 5.41 Å². The number of fused-ring (bicyclic) bond motifs is 5. The van der Waals surface area contributed by atoms with Gasteiger partial charge in [-0.25, -0.2) is 9.97 Å². The Morgan fingerprint density at radius 2 is 1.97 bits per heavy atom. The number of benzene rings is 3. The number of phenolic OH excluding ortho intramolecular Hbond substituents is 1.